The monoisotopic (exact) mass is 234 g/mol. The van der Waals surface area contributed by atoms with Crippen LogP contribution in [0.4, 0.5) is 5.69 Å². The van der Waals surface area contributed by atoms with E-state index in [1.807, 2.05) is 12.1 Å². The summed E-state index contributed by atoms with van der Waals surface area (Å²) >= 11 is 0. The number of rotatable bonds is 3. The molecule has 0 saturated carbocycles. The highest BCUT2D eigenvalue weighted by Crippen LogP contribution is 2.16. The van der Waals surface area contributed by atoms with Gasteiger partial charge in [0.15, 0.2) is 0 Å². The fourth-order valence-electron chi connectivity index (χ4n) is 1.99. The van der Waals surface area contributed by atoms with Crippen LogP contribution in [0.15, 0.2) is 24.3 Å². The predicted octanol–water partition coefficient (Wildman–Crippen LogP) is 0.812. The Bertz CT molecular complexity index is 370. The Balaban J connectivity index is 1.99. The standard InChI is InChI=1S/C13H18N2O2/c1-17-13(16)10-11-2-4-12(5-3-11)15-8-6-14-7-9-15/h2-5,14H,6-10H2,1H3. The zero-order chi connectivity index (χ0) is 12.1. The van der Waals surface area contributed by atoms with Gasteiger partial charge in [-0.15, -0.1) is 0 Å². The van der Waals surface area contributed by atoms with E-state index >= 15 is 0 Å². The number of hydrogen-bond donors (Lipinski definition) is 1. The fourth-order valence-corrected chi connectivity index (χ4v) is 1.99. The molecule has 0 bridgehead atoms. The van der Waals surface area contributed by atoms with Crippen molar-refractivity contribution in [2.24, 2.45) is 0 Å². The van der Waals surface area contributed by atoms with Gasteiger partial charge in [0.2, 0.25) is 0 Å². The molecule has 0 unspecified atom stereocenters. The number of hydrogen-bond acceptors (Lipinski definition) is 4. The largest absolute Gasteiger partial charge is 0.469 e. The summed E-state index contributed by atoms with van der Waals surface area (Å²) in [5.41, 5.74) is 2.22. The molecule has 0 aromatic heterocycles. The zero-order valence-corrected chi connectivity index (χ0v) is 10.1. The average Bonchev–Trinajstić information content (AvgIpc) is 2.40. The van der Waals surface area contributed by atoms with Crippen LogP contribution in [0.1, 0.15) is 5.56 Å². The van der Waals surface area contributed by atoms with Crippen molar-refractivity contribution in [2.45, 2.75) is 6.42 Å². The summed E-state index contributed by atoms with van der Waals surface area (Å²) in [6.45, 7) is 4.14. The number of carbonyl (C=O) groups is 1. The van der Waals surface area contributed by atoms with Crippen LogP contribution in [0, 0.1) is 0 Å². The lowest BCUT2D eigenvalue weighted by molar-refractivity contribution is -0.139. The molecule has 4 heteroatoms. The number of benzene rings is 1. The molecule has 1 aromatic carbocycles. The molecule has 0 atom stereocenters. The van der Waals surface area contributed by atoms with E-state index in [9.17, 15) is 4.79 Å². The van der Waals surface area contributed by atoms with Crippen LogP contribution in [-0.4, -0.2) is 39.3 Å². The van der Waals surface area contributed by atoms with Gasteiger partial charge in [0.25, 0.3) is 0 Å². The van der Waals surface area contributed by atoms with Crippen molar-refractivity contribution in [1.82, 2.24) is 5.32 Å². The third-order valence-electron chi connectivity index (χ3n) is 2.99. The summed E-state index contributed by atoms with van der Waals surface area (Å²) in [6, 6.07) is 8.13. The van der Waals surface area contributed by atoms with E-state index in [1.165, 1.54) is 12.8 Å². The van der Waals surface area contributed by atoms with E-state index in [0.29, 0.717) is 6.42 Å². The first-order valence-electron chi connectivity index (χ1n) is 5.91. The van der Waals surface area contributed by atoms with Crippen LogP contribution < -0.4 is 10.2 Å². The van der Waals surface area contributed by atoms with Gasteiger partial charge in [0.05, 0.1) is 13.5 Å². The minimum atomic E-state index is -0.195. The van der Waals surface area contributed by atoms with Gasteiger partial charge in [-0.05, 0) is 17.7 Å². The molecule has 1 saturated heterocycles. The van der Waals surface area contributed by atoms with Crippen LogP contribution in [0.2, 0.25) is 0 Å². The number of esters is 1. The van der Waals surface area contributed by atoms with Crippen LogP contribution in [0.3, 0.4) is 0 Å². The molecule has 1 fully saturated rings. The van der Waals surface area contributed by atoms with Crippen LogP contribution >= 0.6 is 0 Å². The van der Waals surface area contributed by atoms with Crippen molar-refractivity contribution in [3.63, 3.8) is 0 Å². The van der Waals surface area contributed by atoms with Crippen molar-refractivity contribution in [2.75, 3.05) is 38.2 Å². The second-order valence-corrected chi connectivity index (χ2v) is 4.16. The fraction of sp³-hybridized carbons (Fsp3) is 0.462. The SMILES string of the molecule is COC(=O)Cc1ccc(N2CCNCC2)cc1. The minimum absolute atomic E-state index is 0.195. The first kappa shape index (κ1) is 11.9. The number of anilines is 1. The highest BCUT2D eigenvalue weighted by atomic mass is 16.5. The van der Waals surface area contributed by atoms with Gasteiger partial charge in [-0.2, -0.15) is 0 Å². The van der Waals surface area contributed by atoms with Crippen molar-refractivity contribution in [3.05, 3.63) is 29.8 Å². The van der Waals surface area contributed by atoms with Gasteiger partial charge < -0.3 is 15.0 Å². The third kappa shape index (κ3) is 3.20. The smallest absolute Gasteiger partial charge is 0.309 e. The van der Waals surface area contributed by atoms with E-state index in [-0.39, 0.29) is 5.97 Å². The number of carbonyl (C=O) groups excluding carboxylic acids is 1. The molecule has 1 aromatic rings. The van der Waals surface area contributed by atoms with Gasteiger partial charge in [0, 0.05) is 31.9 Å². The first-order valence-corrected chi connectivity index (χ1v) is 5.91. The van der Waals surface area contributed by atoms with E-state index in [1.54, 1.807) is 0 Å². The summed E-state index contributed by atoms with van der Waals surface area (Å²) in [4.78, 5) is 13.5. The molecule has 1 aliphatic rings. The molecule has 1 aliphatic heterocycles. The Morgan fingerprint density at radius 2 is 1.94 bits per heavy atom. The lowest BCUT2D eigenvalue weighted by Crippen LogP contribution is -2.43. The van der Waals surface area contributed by atoms with E-state index in [2.05, 4.69) is 27.1 Å². The normalized spacial score (nSPS) is 15.7. The number of ether oxygens (including phenoxy) is 1. The van der Waals surface area contributed by atoms with Crippen LogP contribution in [0.5, 0.6) is 0 Å². The molecule has 17 heavy (non-hydrogen) atoms. The lowest BCUT2D eigenvalue weighted by Gasteiger charge is -2.29. The topological polar surface area (TPSA) is 41.6 Å². The van der Waals surface area contributed by atoms with Crippen molar-refractivity contribution < 1.29 is 9.53 Å². The van der Waals surface area contributed by atoms with E-state index < -0.39 is 0 Å². The first-order chi connectivity index (χ1) is 8.29. The number of piperazine rings is 1. The second kappa shape index (κ2) is 5.68. The third-order valence-corrected chi connectivity index (χ3v) is 2.99. The van der Waals surface area contributed by atoms with Crippen molar-refractivity contribution in [1.29, 1.82) is 0 Å². The molecule has 0 aliphatic carbocycles. The maximum Gasteiger partial charge on any atom is 0.309 e. The Labute approximate surface area is 102 Å². The van der Waals surface area contributed by atoms with E-state index in [0.717, 1.165) is 31.7 Å². The van der Waals surface area contributed by atoms with Crippen LogP contribution in [0.25, 0.3) is 0 Å². The summed E-state index contributed by atoms with van der Waals surface area (Å²) in [5.74, 6) is -0.195. The molecule has 1 heterocycles. The van der Waals surface area contributed by atoms with Gasteiger partial charge in [-0.1, -0.05) is 12.1 Å². The average molecular weight is 234 g/mol. The molecule has 0 amide bonds. The molecule has 1 N–H and O–H groups in total. The van der Waals surface area contributed by atoms with Gasteiger partial charge in [0.1, 0.15) is 0 Å². The van der Waals surface area contributed by atoms with Gasteiger partial charge in [-0.3, -0.25) is 4.79 Å². The molecule has 4 nitrogen and oxygen atoms in total. The van der Waals surface area contributed by atoms with E-state index in [4.69, 9.17) is 0 Å². The van der Waals surface area contributed by atoms with Crippen LogP contribution in [-0.2, 0) is 16.0 Å². The van der Waals surface area contributed by atoms with Gasteiger partial charge >= 0.3 is 5.97 Å². The molecule has 0 radical (unpaired) electrons. The summed E-state index contributed by atoms with van der Waals surface area (Å²) in [6.07, 6.45) is 0.346. The highest BCUT2D eigenvalue weighted by Gasteiger charge is 2.10. The molecular weight excluding hydrogens is 216 g/mol. The molecular formula is C13H18N2O2. The Hall–Kier alpha value is -1.55. The number of nitrogens with one attached hydrogen (secondary N) is 1. The lowest BCUT2D eigenvalue weighted by atomic mass is 10.1. The molecule has 92 valence electrons. The Kier molecular flexibility index (Phi) is 3.98. The second-order valence-electron chi connectivity index (χ2n) is 4.16. The quantitative estimate of drug-likeness (QED) is 0.786. The molecule has 2 rings (SSSR count). The number of methoxy groups -OCH3 is 1. The maximum absolute atomic E-state index is 11.1. The Morgan fingerprint density at radius 1 is 1.29 bits per heavy atom. The summed E-state index contributed by atoms with van der Waals surface area (Å²) in [7, 11) is 1.41. The highest BCUT2D eigenvalue weighted by molar-refractivity contribution is 5.72. The summed E-state index contributed by atoms with van der Waals surface area (Å²) in [5, 5.41) is 3.33. The Morgan fingerprint density at radius 3 is 2.53 bits per heavy atom. The minimum Gasteiger partial charge on any atom is -0.469 e. The maximum atomic E-state index is 11.1. The summed E-state index contributed by atoms with van der Waals surface area (Å²) < 4.78 is 4.64. The predicted molar refractivity (Wildman–Crippen MR) is 67.2 cm³/mol. The molecule has 0 spiro atoms. The number of nitrogens with zero attached hydrogens (tertiary/aromatic N) is 1. The zero-order valence-electron chi connectivity index (χ0n) is 10.1. The van der Waals surface area contributed by atoms with Crippen molar-refractivity contribution in [3.8, 4) is 0 Å². The van der Waals surface area contributed by atoms with Gasteiger partial charge in [-0.25, -0.2) is 0 Å². The van der Waals surface area contributed by atoms with Crippen molar-refractivity contribution >= 4 is 11.7 Å².